The number of amides is 1. The Balaban J connectivity index is 1.92. The van der Waals surface area contributed by atoms with Crippen LogP contribution < -0.4 is 10.9 Å². The van der Waals surface area contributed by atoms with Gasteiger partial charge in [0.25, 0.3) is 5.91 Å². The SMILES string of the molecule is O=C(O)c1csc(NC(=O)c2cc3ccccc3oc2=O)n1. The van der Waals surface area contributed by atoms with E-state index in [0.717, 1.165) is 11.3 Å². The lowest BCUT2D eigenvalue weighted by atomic mass is 10.2. The first-order valence-corrected chi connectivity index (χ1v) is 6.95. The summed E-state index contributed by atoms with van der Waals surface area (Å²) < 4.78 is 5.07. The molecule has 0 unspecified atom stereocenters. The van der Waals surface area contributed by atoms with E-state index in [1.54, 1.807) is 24.3 Å². The van der Waals surface area contributed by atoms with Crippen molar-refractivity contribution < 1.29 is 19.1 Å². The number of anilines is 1. The first-order chi connectivity index (χ1) is 10.5. The Morgan fingerprint density at radius 2 is 2.05 bits per heavy atom. The fraction of sp³-hybridized carbons (Fsp3) is 0. The number of benzene rings is 1. The van der Waals surface area contributed by atoms with Gasteiger partial charge in [0.15, 0.2) is 10.8 Å². The quantitative estimate of drug-likeness (QED) is 0.717. The molecule has 0 saturated carbocycles. The van der Waals surface area contributed by atoms with Crippen molar-refractivity contribution >= 4 is 39.3 Å². The summed E-state index contributed by atoms with van der Waals surface area (Å²) in [5, 5.41) is 13.2. The lowest BCUT2D eigenvalue weighted by molar-refractivity contribution is 0.0691. The third-order valence-electron chi connectivity index (χ3n) is 2.83. The summed E-state index contributed by atoms with van der Waals surface area (Å²) in [4.78, 5) is 38.4. The summed E-state index contributed by atoms with van der Waals surface area (Å²) in [5.74, 6) is -1.90. The largest absolute Gasteiger partial charge is 0.476 e. The van der Waals surface area contributed by atoms with Gasteiger partial charge in [-0.25, -0.2) is 14.6 Å². The van der Waals surface area contributed by atoms with Crippen LogP contribution in [0.15, 0.2) is 44.9 Å². The van der Waals surface area contributed by atoms with Crippen molar-refractivity contribution in [1.82, 2.24) is 4.98 Å². The van der Waals surface area contributed by atoms with Gasteiger partial charge < -0.3 is 9.52 Å². The van der Waals surface area contributed by atoms with Gasteiger partial charge in [-0.2, -0.15) is 0 Å². The lowest BCUT2D eigenvalue weighted by Gasteiger charge is -2.02. The number of hydrogen-bond donors (Lipinski definition) is 2. The number of carbonyl (C=O) groups is 2. The first kappa shape index (κ1) is 14.0. The van der Waals surface area contributed by atoms with Gasteiger partial charge >= 0.3 is 11.6 Å². The second kappa shape index (κ2) is 5.41. The van der Waals surface area contributed by atoms with Gasteiger partial charge in [-0.1, -0.05) is 18.2 Å². The zero-order valence-electron chi connectivity index (χ0n) is 10.9. The third kappa shape index (κ3) is 2.59. The number of fused-ring (bicyclic) bond motifs is 1. The third-order valence-corrected chi connectivity index (χ3v) is 3.59. The Labute approximate surface area is 126 Å². The molecule has 1 aromatic carbocycles. The maximum Gasteiger partial charge on any atom is 0.355 e. The van der Waals surface area contributed by atoms with Crippen molar-refractivity contribution in [3.63, 3.8) is 0 Å². The maximum absolute atomic E-state index is 12.1. The molecule has 0 aliphatic carbocycles. The number of carboxylic acids is 1. The van der Waals surface area contributed by atoms with Gasteiger partial charge in [0, 0.05) is 10.8 Å². The molecule has 2 heterocycles. The standard InChI is InChI=1S/C14H8N2O5S/c17-11(16-14-15-9(6-22-14)12(18)19)8-5-7-3-1-2-4-10(7)21-13(8)20/h1-6H,(H,18,19)(H,15,16,17). The smallest absolute Gasteiger partial charge is 0.355 e. The highest BCUT2D eigenvalue weighted by atomic mass is 32.1. The zero-order valence-corrected chi connectivity index (χ0v) is 11.7. The fourth-order valence-corrected chi connectivity index (χ4v) is 2.49. The van der Waals surface area contributed by atoms with Gasteiger partial charge in [0.1, 0.15) is 11.1 Å². The molecule has 2 aromatic heterocycles. The zero-order chi connectivity index (χ0) is 15.7. The van der Waals surface area contributed by atoms with Gasteiger partial charge in [0.05, 0.1) is 0 Å². The monoisotopic (exact) mass is 316 g/mol. The summed E-state index contributed by atoms with van der Waals surface area (Å²) >= 11 is 0.954. The topological polar surface area (TPSA) is 110 Å². The van der Waals surface area contributed by atoms with Crippen molar-refractivity contribution in [3.8, 4) is 0 Å². The van der Waals surface area contributed by atoms with Crippen LogP contribution in [0.4, 0.5) is 5.13 Å². The van der Waals surface area contributed by atoms with Crippen LogP contribution in [0.2, 0.25) is 0 Å². The summed E-state index contributed by atoms with van der Waals surface area (Å²) in [5.41, 5.74) is -0.741. The lowest BCUT2D eigenvalue weighted by Crippen LogP contribution is -2.20. The number of para-hydroxylation sites is 1. The molecule has 0 atom stereocenters. The molecule has 0 bridgehead atoms. The van der Waals surface area contributed by atoms with Gasteiger partial charge in [0.2, 0.25) is 0 Å². The molecule has 110 valence electrons. The minimum Gasteiger partial charge on any atom is -0.476 e. The molecule has 22 heavy (non-hydrogen) atoms. The molecular weight excluding hydrogens is 308 g/mol. The number of rotatable bonds is 3. The van der Waals surface area contributed by atoms with E-state index < -0.39 is 17.5 Å². The number of aromatic nitrogens is 1. The van der Waals surface area contributed by atoms with Crippen LogP contribution in [-0.2, 0) is 0 Å². The van der Waals surface area contributed by atoms with Crippen molar-refractivity contribution in [3.05, 3.63) is 57.4 Å². The van der Waals surface area contributed by atoms with E-state index in [2.05, 4.69) is 10.3 Å². The second-order valence-electron chi connectivity index (χ2n) is 4.28. The molecule has 0 aliphatic rings. The van der Waals surface area contributed by atoms with Crippen LogP contribution >= 0.6 is 11.3 Å². The number of carbonyl (C=O) groups excluding carboxylic acids is 1. The highest BCUT2D eigenvalue weighted by Gasteiger charge is 2.16. The molecule has 8 heteroatoms. The summed E-state index contributed by atoms with van der Waals surface area (Å²) in [6.07, 6.45) is 0. The number of thiazole rings is 1. The maximum atomic E-state index is 12.1. The average molecular weight is 316 g/mol. The van der Waals surface area contributed by atoms with Crippen LogP contribution in [0.5, 0.6) is 0 Å². The minimum atomic E-state index is -1.19. The molecule has 7 nitrogen and oxygen atoms in total. The van der Waals surface area contributed by atoms with Crippen LogP contribution in [0, 0.1) is 0 Å². The van der Waals surface area contributed by atoms with Gasteiger partial charge in [-0.15, -0.1) is 11.3 Å². The summed E-state index contributed by atoms with van der Waals surface area (Å²) in [6.45, 7) is 0. The van der Waals surface area contributed by atoms with Crippen LogP contribution in [0.25, 0.3) is 11.0 Å². The summed E-state index contributed by atoms with van der Waals surface area (Å²) in [6, 6.07) is 8.22. The number of nitrogens with one attached hydrogen (secondary N) is 1. The van der Waals surface area contributed by atoms with Crippen LogP contribution in [0.3, 0.4) is 0 Å². The highest BCUT2D eigenvalue weighted by molar-refractivity contribution is 7.14. The molecule has 0 fully saturated rings. The molecule has 0 spiro atoms. The fourth-order valence-electron chi connectivity index (χ4n) is 1.81. The van der Waals surface area contributed by atoms with Crippen LogP contribution in [-0.4, -0.2) is 22.0 Å². The van der Waals surface area contributed by atoms with E-state index in [9.17, 15) is 14.4 Å². The minimum absolute atomic E-state index is 0.0926. The van der Waals surface area contributed by atoms with Crippen LogP contribution in [0.1, 0.15) is 20.8 Å². The summed E-state index contributed by atoms with van der Waals surface area (Å²) in [7, 11) is 0. The van der Waals surface area contributed by atoms with E-state index in [4.69, 9.17) is 9.52 Å². The van der Waals surface area contributed by atoms with E-state index in [-0.39, 0.29) is 16.4 Å². The van der Waals surface area contributed by atoms with E-state index in [1.165, 1.54) is 11.4 Å². The second-order valence-corrected chi connectivity index (χ2v) is 5.14. The number of aromatic carboxylic acids is 1. The average Bonchev–Trinajstić information content (AvgIpc) is 2.95. The van der Waals surface area contributed by atoms with Gasteiger partial charge in [-0.3, -0.25) is 10.1 Å². The van der Waals surface area contributed by atoms with E-state index in [0.29, 0.717) is 11.0 Å². The highest BCUT2D eigenvalue weighted by Crippen LogP contribution is 2.17. The van der Waals surface area contributed by atoms with Crippen molar-refractivity contribution in [2.45, 2.75) is 0 Å². The Hall–Kier alpha value is -3.00. The Morgan fingerprint density at radius 3 is 2.77 bits per heavy atom. The van der Waals surface area contributed by atoms with Crippen molar-refractivity contribution in [2.24, 2.45) is 0 Å². The Kier molecular flexibility index (Phi) is 3.43. The molecule has 3 aromatic rings. The Morgan fingerprint density at radius 1 is 1.27 bits per heavy atom. The number of hydrogen-bond acceptors (Lipinski definition) is 6. The molecule has 1 amide bonds. The number of carboxylic acid groups (broad SMARTS) is 1. The molecule has 0 aliphatic heterocycles. The van der Waals surface area contributed by atoms with E-state index >= 15 is 0 Å². The predicted octanol–water partition coefficient (Wildman–Crippen LogP) is 2.20. The van der Waals surface area contributed by atoms with Gasteiger partial charge in [-0.05, 0) is 12.1 Å². The van der Waals surface area contributed by atoms with Crippen molar-refractivity contribution in [1.29, 1.82) is 0 Å². The number of nitrogens with zero attached hydrogens (tertiary/aromatic N) is 1. The van der Waals surface area contributed by atoms with E-state index in [1.807, 2.05) is 0 Å². The molecule has 3 rings (SSSR count). The predicted molar refractivity (Wildman–Crippen MR) is 79.5 cm³/mol. The molecule has 2 N–H and O–H groups in total. The Bertz CT molecular complexity index is 944. The molecular formula is C14H8N2O5S. The normalized spacial score (nSPS) is 10.5. The molecule has 0 radical (unpaired) electrons. The van der Waals surface area contributed by atoms with Crippen molar-refractivity contribution in [2.75, 3.05) is 5.32 Å². The molecule has 0 saturated heterocycles. The first-order valence-electron chi connectivity index (χ1n) is 6.07.